The fourth-order valence-electron chi connectivity index (χ4n) is 7.86. The van der Waals surface area contributed by atoms with Crippen LogP contribution >= 0.6 is 0 Å². The van der Waals surface area contributed by atoms with Crippen molar-refractivity contribution in [1.29, 1.82) is 0 Å². The molecular weight excluding hydrogens is 528 g/mol. The molecule has 0 amide bonds. The number of nitrogens with zero attached hydrogens (tertiary/aromatic N) is 4. The van der Waals surface area contributed by atoms with Crippen LogP contribution in [0.2, 0.25) is 0 Å². The van der Waals surface area contributed by atoms with Crippen molar-refractivity contribution in [2.24, 2.45) is 13.0 Å². The monoisotopic (exact) mass is 576 g/mol. The maximum absolute atomic E-state index is 11.9. The number of aromatic nitrogens is 2. The van der Waals surface area contributed by atoms with Crippen molar-refractivity contribution in [1.82, 2.24) is 19.4 Å². The fraction of sp³-hybridized carbons (Fsp3) is 0.618. The number of sulfone groups is 1. The van der Waals surface area contributed by atoms with Crippen molar-refractivity contribution in [3.63, 3.8) is 0 Å². The van der Waals surface area contributed by atoms with Crippen LogP contribution in [0.15, 0.2) is 41.3 Å². The van der Waals surface area contributed by atoms with Crippen LogP contribution < -0.4 is 0 Å². The molecular formula is C34H48N4O2S. The number of benzene rings is 2. The Hall–Kier alpha value is -2.22. The molecule has 0 spiro atoms. The van der Waals surface area contributed by atoms with Gasteiger partial charge in [0.1, 0.15) is 5.82 Å². The van der Waals surface area contributed by atoms with Crippen LogP contribution in [0.25, 0.3) is 22.4 Å². The first-order valence-electron chi connectivity index (χ1n) is 15.9. The number of piperidine rings is 2. The summed E-state index contributed by atoms with van der Waals surface area (Å²) in [4.78, 5) is 11.0. The van der Waals surface area contributed by atoms with Gasteiger partial charge in [0, 0.05) is 43.5 Å². The van der Waals surface area contributed by atoms with Crippen LogP contribution in [0.1, 0.15) is 82.3 Å². The minimum absolute atomic E-state index is 0.337. The maximum Gasteiger partial charge on any atom is 0.175 e. The highest BCUT2D eigenvalue weighted by molar-refractivity contribution is 7.90. The predicted octanol–water partition coefficient (Wildman–Crippen LogP) is 6.56. The summed E-state index contributed by atoms with van der Waals surface area (Å²) in [6, 6.07) is 14.0. The van der Waals surface area contributed by atoms with E-state index in [0.717, 1.165) is 40.4 Å². The maximum atomic E-state index is 11.9. The number of imidazole rings is 1. The van der Waals surface area contributed by atoms with Crippen LogP contribution in [0.3, 0.4) is 0 Å². The van der Waals surface area contributed by atoms with Gasteiger partial charge in [0.25, 0.3) is 0 Å². The van der Waals surface area contributed by atoms with Gasteiger partial charge in [0.15, 0.2) is 9.84 Å². The predicted molar refractivity (Wildman–Crippen MR) is 168 cm³/mol. The number of hydrogen-bond donors (Lipinski definition) is 0. The van der Waals surface area contributed by atoms with E-state index in [1.165, 1.54) is 88.4 Å². The lowest BCUT2D eigenvalue weighted by Gasteiger charge is -2.50. The van der Waals surface area contributed by atoms with E-state index in [9.17, 15) is 8.42 Å². The molecule has 0 radical (unpaired) electrons. The Morgan fingerprint density at radius 1 is 1.00 bits per heavy atom. The van der Waals surface area contributed by atoms with E-state index < -0.39 is 9.84 Å². The minimum atomic E-state index is -3.22. The van der Waals surface area contributed by atoms with Gasteiger partial charge in [-0.3, -0.25) is 4.90 Å². The molecule has 41 heavy (non-hydrogen) atoms. The van der Waals surface area contributed by atoms with Gasteiger partial charge in [0.05, 0.1) is 15.9 Å². The topological polar surface area (TPSA) is 58.4 Å². The average Bonchev–Trinajstić information content (AvgIpc) is 3.27. The Morgan fingerprint density at radius 2 is 1.71 bits per heavy atom. The Labute approximate surface area is 247 Å². The fourth-order valence-corrected chi connectivity index (χ4v) is 8.49. The second-order valence-corrected chi connectivity index (χ2v) is 15.4. The summed E-state index contributed by atoms with van der Waals surface area (Å²) in [5.41, 5.74) is 5.77. The first kappa shape index (κ1) is 28.9. The van der Waals surface area contributed by atoms with Gasteiger partial charge in [-0.05, 0) is 125 Å². The van der Waals surface area contributed by atoms with Crippen molar-refractivity contribution in [3.8, 4) is 11.4 Å². The summed E-state index contributed by atoms with van der Waals surface area (Å²) in [5.74, 6) is 2.41. The van der Waals surface area contributed by atoms with Crippen molar-refractivity contribution >= 4 is 20.9 Å². The summed E-state index contributed by atoms with van der Waals surface area (Å²) in [6.45, 7) is 10.8. The highest BCUT2D eigenvalue weighted by Crippen LogP contribution is 2.38. The van der Waals surface area contributed by atoms with Crippen molar-refractivity contribution in [2.75, 3.05) is 25.9 Å². The van der Waals surface area contributed by atoms with Gasteiger partial charge in [0.2, 0.25) is 0 Å². The van der Waals surface area contributed by atoms with Gasteiger partial charge in [-0.15, -0.1) is 0 Å². The van der Waals surface area contributed by atoms with Crippen LogP contribution in [0.5, 0.6) is 0 Å². The van der Waals surface area contributed by atoms with E-state index in [2.05, 4.69) is 54.3 Å². The molecule has 1 aromatic heterocycles. The summed E-state index contributed by atoms with van der Waals surface area (Å²) >= 11 is 0. The van der Waals surface area contributed by atoms with Gasteiger partial charge >= 0.3 is 0 Å². The molecule has 2 aliphatic heterocycles. The molecule has 6 rings (SSSR count). The molecule has 1 aliphatic carbocycles. The summed E-state index contributed by atoms with van der Waals surface area (Å²) in [7, 11) is -1.15. The highest BCUT2D eigenvalue weighted by atomic mass is 32.2. The standard InChI is InChI=1S/C34H48N4O2S/c1-6-29-21-30(19-24(3)38(29)22-25-8-7-9-25)37-16-14-26(15-17-37)28-18-23(2)33-32(20-28)36(4)34(35-33)27-10-12-31(13-11-27)41(5,39)40/h10-13,18,20,24-26,29-30H,6-9,14-17,19,21-22H2,1-5H3. The second-order valence-electron chi connectivity index (χ2n) is 13.3. The van der Waals surface area contributed by atoms with Gasteiger partial charge < -0.3 is 9.47 Å². The summed E-state index contributed by atoms with van der Waals surface area (Å²) in [6.07, 6.45) is 11.9. The first-order chi connectivity index (χ1) is 19.6. The third-order valence-corrected chi connectivity index (χ3v) is 11.7. The first-order valence-corrected chi connectivity index (χ1v) is 17.8. The van der Waals surface area contributed by atoms with Crippen LogP contribution in [-0.4, -0.2) is 71.8 Å². The zero-order chi connectivity index (χ0) is 28.9. The normalized spacial score (nSPS) is 25.5. The van der Waals surface area contributed by atoms with Crippen LogP contribution in [0.4, 0.5) is 0 Å². The molecule has 3 unspecified atom stereocenters. The Morgan fingerprint density at radius 3 is 2.32 bits per heavy atom. The molecule has 3 atom stereocenters. The number of hydrogen-bond acceptors (Lipinski definition) is 5. The van der Waals surface area contributed by atoms with Gasteiger partial charge in [-0.25, -0.2) is 13.4 Å². The van der Waals surface area contributed by atoms with E-state index in [4.69, 9.17) is 4.98 Å². The second kappa shape index (κ2) is 11.5. The van der Waals surface area contributed by atoms with Gasteiger partial charge in [-0.2, -0.15) is 0 Å². The largest absolute Gasteiger partial charge is 0.327 e. The molecule has 1 saturated carbocycles. The number of rotatable bonds is 7. The molecule has 6 nitrogen and oxygen atoms in total. The van der Waals surface area contributed by atoms with Crippen molar-refractivity contribution in [2.45, 2.75) is 101 Å². The van der Waals surface area contributed by atoms with E-state index in [0.29, 0.717) is 16.9 Å². The minimum Gasteiger partial charge on any atom is -0.327 e. The molecule has 3 aromatic rings. The smallest absolute Gasteiger partial charge is 0.175 e. The molecule has 0 bridgehead atoms. The van der Waals surface area contributed by atoms with Crippen molar-refractivity contribution in [3.05, 3.63) is 47.5 Å². The molecule has 0 N–H and O–H groups in total. The quantitative estimate of drug-likeness (QED) is 0.319. The Bertz CT molecular complexity index is 1480. The van der Waals surface area contributed by atoms with Crippen LogP contribution in [-0.2, 0) is 16.9 Å². The number of fused-ring (bicyclic) bond motifs is 1. The molecule has 2 saturated heterocycles. The van der Waals surface area contributed by atoms with Crippen LogP contribution in [0, 0.1) is 12.8 Å². The third kappa shape index (κ3) is 5.74. The van der Waals surface area contributed by atoms with E-state index in [1.807, 2.05) is 12.1 Å². The lowest BCUT2D eigenvalue weighted by molar-refractivity contribution is 0.00144. The molecule has 222 valence electrons. The third-order valence-electron chi connectivity index (χ3n) is 10.6. The van der Waals surface area contributed by atoms with E-state index in [1.54, 1.807) is 12.1 Å². The molecule has 3 aliphatic rings. The number of aryl methyl sites for hydroxylation is 2. The SMILES string of the molecule is CCC1CC(N2CCC(c3cc(C)c4nc(-c5ccc(S(C)(=O)=O)cc5)n(C)c4c3)CC2)CC(C)N1CC1CCC1. The summed E-state index contributed by atoms with van der Waals surface area (Å²) < 4.78 is 26.0. The molecule has 2 aromatic carbocycles. The van der Waals surface area contributed by atoms with Crippen molar-refractivity contribution < 1.29 is 8.42 Å². The zero-order valence-electron chi connectivity index (χ0n) is 25.6. The highest BCUT2D eigenvalue weighted by Gasteiger charge is 2.38. The van der Waals surface area contributed by atoms with Gasteiger partial charge in [-0.1, -0.05) is 19.4 Å². The average molecular weight is 577 g/mol. The number of likely N-dealkylation sites (tertiary alicyclic amines) is 2. The Balaban J connectivity index is 1.14. The van der Waals surface area contributed by atoms with E-state index in [-0.39, 0.29) is 0 Å². The molecule has 3 fully saturated rings. The lowest BCUT2D eigenvalue weighted by atomic mass is 9.81. The zero-order valence-corrected chi connectivity index (χ0v) is 26.5. The lowest BCUT2D eigenvalue weighted by Crippen LogP contribution is -2.56. The molecule has 7 heteroatoms. The molecule has 3 heterocycles. The van der Waals surface area contributed by atoms with E-state index >= 15 is 0 Å². The Kier molecular flexibility index (Phi) is 8.07. The summed E-state index contributed by atoms with van der Waals surface area (Å²) in [5, 5.41) is 0.